The summed E-state index contributed by atoms with van der Waals surface area (Å²) >= 11 is 0. The normalized spacial score (nSPS) is 12.3. The molecule has 2 nitrogen and oxygen atoms in total. The predicted molar refractivity (Wildman–Crippen MR) is 83.3 cm³/mol. The number of halogens is 1. The van der Waals surface area contributed by atoms with Crippen molar-refractivity contribution in [1.29, 1.82) is 0 Å². The third-order valence-electron chi connectivity index (χ3n) is 3.61. The number of rotatable bonds is 7. The second-order valence-corrected chi connectivity index (χ2v) is 5.22. The highest BCUT2D eigenvalue weighted by molar-refractivity contribution is 5.25. The molecule has 0 aliphatic rings. The average Bonchev–Trinajstić information content (AvgIpc) is 2.53. The highest BCUT2D eigenvalue weighted by atomic mass is 19.1. The van der Waals surface area contributed by atoms with Gasteiger partial charge in [0.05, 0.1) is 6.61 Å². The number of aliphatic hydroxyl groups excluding tert-OH is 1. The van der Waals surface area contributed by atoms with Crippen LogP contribution in [0.2, 0.25) is 0 Å². The SMILES string of the molecule is CCCC(NCc1ccc(F)c(CO)c1)c1ccccc1. The monoisotopic (exact) mass is 287 g/mol. The summed E-state index contributed by atoms with van der Waals surface area (Å²) in [5.74, 6) is -0.352. The summed E-state index contributed by atoms with van der Waals surface area (Å²) in [4.78, 5) is 0. The number of hydrogen-bond acceptors (Lipinski definition) is 2. The number of aliphatic hydroxyl groups is 1. The Morgan fingerprint density at radius 2 is 1.90 bits per heavy atom. The van der Waals surface area contributed by atoms with Crippen LogP contribution in [0.25, 0.3) is 0 Å². The molecule has 0 spiro atoms. The van der Waals surface area contributed by atoms with Crippen LogP contribution < -0.4 is 5.32 Å². The predicted octanol–water partition coefficient (Wildman–Crippen LogP) is 3.95. The fourth-order valence-electron chi connectivity index (χ4n) is 2.46. The topological polar surface area (TPSA) is 32.3 Å². The molecule has 0 aliphatic carbocycles. The minimum atomic E-state index is -0.352. The van der Waals surface area contributed by atoms with E-state index in [-0.39, 0.29) is 12.4 Å². The van der Waals surface area contributed by atoms with E-state index in [1.807, 2.05) is 18.2 Å². The second-order valence-electron chi connectivity index (χ2n) is 5.22. The maximum Gasteiger partial charge on any atom is 0.128 e. The van der Waals surface area contributed by atoms with E-state index < -0.39 is 0 Å². The van der Waals surface area contributed by atoms with Gasteiger partial charge in [0.15, 0.2) is 0 Å². The van der Waals surface area contributed by atoms with Gasteiger partial charge in [-0.3, -0.25) is 0 Å². The molecule has 2 N–H and O–H groups in total. The van der Waals surface area contributed by atoms with E-state index in [1.165, 1.54) is 11.6 Å². The van der Waals surface area contributed by atoms with Gasteiger partial charge in [-0.1, -0.05) is 49.7 Å². The molecule has 3 heteroatoms. The molecule has 0 heterocycles. The lowest BCUT2D eigenvalue weighted by Gasteiger charge is -2.19. The summed E-state index contributed by atoms with van der Waals surface area (Å²) in [6.45, 7) is 2.56. The summed E-state index contributed by atoms with van der Waals surface area (Å²) in [5, 5.41) is 12.6. The van der Waals surface area contributed by atoms with Crippen LogP contribution in [0.3, 0.4) is 0 Å². The van der Waals surface area contributed by atoms with Gasteiger partial charge in [-0.2, -0.15) is 0 Å². The van der Waals surface area contributed by atoms with Crippen LogP contribution in [-0.2, 0) is 13.2 Å². The molecule has 0 fully saturated rings. The first-order chi connectivity index (χ1) is 10.2. The van der Waals surface area contributed by atoms with E-state index in [1.54, 1.807) is 12.1 Å². The Morgan fingerprint density at radius 3 is 2.57 bits per heavy atom. The van der Waals surface area contributed by atoms with Crippen molar-refractivity contribution < 1.29 is 9.50 Å². The molecule has 0 radical (unpaired) electrons. The molecule has 1 unspecified atom stereocenters. The first-order valence-corrected chi connectivity index (χ1v) is 7.41. The first-order valence-electron chi connectivity index (χ1n) is 7.41. The summed E-state index contributed by atoms with van der Waals surface area (Å²) in [6, 6.07) is 15.5. The van der Waals surface area contributed by atoms with Crippen molar-refractivity contribution in [2.24, 2.45) is 0 Å². The van der Waals surface area contributed by atoms with Gasteiger partial charge in [0.25, 0.3) is 0 Å². The van der Waals surface area contributed by atoms with Crippen molar-refractivity contribution in [1.82, 2.24) is 5.32 Å². The van der Waals surface area contributed by atoms with Crippen molar-refractivity contribution in [3.8, 4) is 0 Å². The van der Waals surface area contributed by atoms with Crippen molar-refractivity contribution >= 4 is 0 Å². The molecular weight excluding hydrogens is 265 g/mol. The Labute approximate surface area is 125 Å². The molecule has 21 heavy (non-hydrogen) atoms. The maximum atomic E-state index is 13.4. The van der Waals surface area contributed by atoms with Crippen LogP contribution in [0, 0.1) is 5.82 Å². The summed E-state index contributed by atoms with van der Waals surface area (Å²) in [5.41, 5.74) is 2.60. The van der Waals surface area contributed by atoms with Crippen LogP contribution in [-0.4, -0.2) is 5.11 Å². The molecule has 0 aliphatic heterocycles. The molecular formula is C18H22FNO. The third-order valence-corrected chi connectivity index (χ3v) is 3.61. The van der Waals surface area contributed by atoms with Gasteiger partial charge in [-0.25, -0.2) is 4.39 Å². The lowest BCUT2D eigenvalue weighted by molar-refractivity contribution is 0.275. The quantitative estimate of drug-likeness (QED) is 0.808. The Kier molecular flexibility index (Phi) is 5.90. The lowest BCUT2D eigenvalue weighted by atomic mass is 10.0. The zero-order valence-electron chi connectivity index (χ0n) is 12.3. The van der Waals surface area contributed by atoms with E-state index in [9.17, 15) is 4.39 Å². The molecule has 0 bridgehead atoms. The van der Waals surface area contributed by atoms with Gasteiger partial charge < -0.3 is 10.4 Å². The number of hydrogen-bond donors (Lipinski definition) is 2. The molecule has 1 atom stereocenters. The van der Waals surface area contributed by atoms with Gasteiger partial charge >= 0.3 is 0 Å². The van der Waals surface area contributed by atoms with Gasteiger partial charge in [0, 0.05) is 18.2 Å². The fraction of sp³-hybridized carbons (Fsp3) is 0.333. The van der Waals surface area contributed by atoms with Crippen molar-refractivity contribution in [3.05, 3.63) is 71.0 Å². The van der Waals surface area contributed by atoms with Crippen molar-refractivity contribution in [2.75, 3.05) is 0 Å². The van der Waals surface area contributed by atoms with Crippen LogP contribution in [0.1, 0.15) is 42.5 Å². The van der Waals surface area contributed by atoms with Crippen molar-refractivity contribution in [2.45, 2.75) is 39.0 Å². The molecule has 2 rings (SSSR count). The molecule has 2 aromatic carbocycles. The third kappa shape index (κ3) is 4.38. The smallest absolute Gasteiger partial charge is 0.128 e. The van der Waals surface area contributed by atoms with Gasteiger partial charge in [0.1, 0.15) is 5.82 Å². The Hall–Kier alpha value is -1.71. The molecule has 0 saturated heterocycles. The minimum absolute atomic E-state index is 0.267. The Morgan fingerprint density at radius 1 is 1.14 bits per heavy atom. The molecule has 2 aromatic rings. The molecule has 112 valence electrons. The van der Waals surface area contributed by atoms with Crippen LogP contribution in [0.5, 0.6) is 0 Å². The van der Waals surface area contributed by atoms with E-state index in [4.69, 9.17) is 5.11 Å². The van der Waals surface area contributed by atoms with E-state index in [0.717, 1.165) is 18.4 Å². The zero-order chi connectivity index (χ0) is 15.1. The van der Waals surface area contributed by atoms with E-state index in [0.29, 0.717) is 18.2 Å². The minimum Gasteiger partial charge on any atom is -0.392 e. The average molecular weight is 287 g/mol. The highest BCUT2D eigenvalue weighted by Crippen LogP contribution is 2.19. The summed E-state index contributed by atoms with van der Waals surface area (Å²) in [6.07, 6.45) is 2.15. The second kappa shape index (κ2) is 7.91. The summed E-state index contributed by atoms with van der Waals surface area (Å²) in [7, 11) is 0. The first kappa shape index (κ1) is 15.7. The molecule has 0 aromatic heterocycles. The van der Waals surface area contributed by atoms with Gasteiger partial charge in [0.2, 0.25) is 0 Å². The van der Waals surface area contributed by atoms with Gasteiger partial charge in [-0.15, -0.1) is 0 Å². The standard InChI is InChI=1S/C18H22FNO/c1-2-6-18(15-7-4-3-5-8-15)20-12-14-9-10-17(19)16(11-14)13-21/h3-5,7-11,18,20-21H,2,6,12-13H2,1H3. The number of nitrogens with one attached hydrogen (secondary N) is 1. The van der Waals surface area contributed by atoms with E-state index >= 15 is 0 Å². The maximum absolute atomic E-state index is 13.4. The van der Waals surface area contributed by atoms with Crippen molar-refractivity contribution in [3.63, 3.8) is 0 Å². The van der Waals surface area contributed by atoms with Crippen LogP contribution in [0.15, 0.2) is 48.5 Å². The van der Waals surface area contributed by atoms with Gasteiger partial charge in [-0.05, 0) is 29.7 Å². The molecule has 0 saturated carbocycles. The highest BCUT2D eigenvalue weighted by Gasteiger charge is 2.10. The fourth-order valence-corrected chi connectivity index (χ4v) is 2.46. The summed E-state index contributed by atoms with van der Waals surface area (Å²) < 4.78 is 13.4. The Bertz CT molecular complexity index is 556. The largest absolute Gasteiger partial charge is 0.392 e. The van der Waals surface area contributed by atoms with Crippen LogP contribution in [0.4, 0.5) is 4.39 Å². The number of benzene rings is 2. The van der Waals surface area contributed by atoms with Crippen LogP contribution >= 0.6 is 0 Å². The Balaban J connectivity index is 2.05. The lowest BCUT2D eigenvalue weighted by Crippen LogP contribution is -2.21. The van der Waals surface area contributed by atoms with E-state index in [2.05, 4.69) is 24.4 Å². The molecule has 0 amide bonds. The zero-order valence-corrected chi connectivity index (χ0v) is 12.3.